The molecular weight excluding hydrogens is 262 g/mol. The molecule has 0 saturated heterocycles. The fourth-order valence-corrected chi connectivity index (χ4v) is 3.00. The minimum Gasteiger partial charge on any atom is -0.404 e. The zero-order valence-corrected chi connectivity index (χ0v) is 10.8. The molecule has 2 aromatic heterocycles. The summed E-state index contributed by atoms with van der Waals surface area (Å²) >= 11 is 7.90. The Morgan fingerprint density at radius 1 is 1.47 bits per heavy atom. The van der Waals surface area contributed by atoms with Gasteiger partial charge in [-0.3, -0.25) is 10.1 Å². The Bertz CT molecular complexity index is 561. The molecule has 4 nitrogen and oxygen atoms in total. The van der Waals surface area contributed by atoms with Crippen LogP contribution in [0.5, 0.6) is 0 Å². The Morgan fingerprint density at radius 2 is 2.18 bits per heavy atom. The molecule has 1 unspecified atom stereocenters. The van der Waals surface area contributed by atoms with E-state index >= 15 is 0 Å². The monoisotopic (exact) mass is 271 g/mol. The van der Waals surface area contributed by atoms with Crippen molar-refractivity contribution < 1.29 is 9.34 Å². The standard InChI is InChI=1S/C11H10ClNO3S/c1-6-5-8(7(2)17-6)11(12)9-3-4-10(16-9)13(14)15/h3-5,11H,1-2H3. The van der Waals surface area contributed by atoms with Crippen LogP contribution in [0, 0.1) is 24.0 Å². The van der Waals surface area contributed by atoms with Gasteiger partial charge in [-0.1, -0.05) is 0 Å². The van der Waals surface area contributed by atoms with Crippen molar-refractivity contribution in [2.75, 3.05) is 0 Å². The summed E-state index contributed by atoms with van der Waals surface area (Å²) in [6.07, 6.45) is 0. The summed E-state index contributed by atoms with van der Waals surface area (Å²) in [5.74, 6) is 0.120. The van der Waals surface area contributed by atoms with Crippen molar-refractivity contribution >= 4 is 28.8 Å². The van der Waals surface area contributed by atoms with Gasteiger partial charge in [0.05, 0.1) is 6.07 Å². The largest absolute Gasteiger partial charge is 0.433 e. The fraction of sp³-hybridized carbons (Fsp3) is 0.273. The Morgan fingerprint density at radius 3 is 2.65 bits per heavy atom. The van der Waals surface area contributed by atoms with E-state index in [4.69, 9.17) is 16.0 Å². The third-order valence-electron chi connectivity index (χ3n) is 2.39. The van der Waals surface area contributed by atoms with Gasteiger partial charge in [0, 0.05) is 9.75 Å². The van der Waals surface area contributed by atoms with Crippen LogP contribution < -0.4 is 0 Å². The molecule has 0 aliphatic carbocycles. The van der Waals surface area contributed by atoms with Crippen molar-refractivity contribution in [3.05, 3.63) is 49.4 Å². The van der Waals surface area contributed by atoms with Crippen molar-refractivity contribution in [1.29, 1.82) is 0 Å². The number of rotatable bonds is 3. The summed E-state index contributed by atoms with van der Waals surface area (Å²) in [5, 5.41) is 10.0. The molecule has 0 saturated carbocycles. The Labute approximate surface area is 107 Å². The SMILES string of the molecule is Cc1cc(C(Cl)c2ccc([N+](=O)[O-])o2)c(C)s1. The number of nitro groups is 1. The summed E-state index contributed by atoms with van der Waals surface area (Å²) < 4.78 is 5.10. The van der Waals surface area contributed by atoms with Gasteiger partial charge >= 0.3 is 5.88 Å². The number of hydrogen-bond acceptors (Lipinski definition) is 4. The first-order valence-electron chi connectivity index (χ1n) is 4.94. The molecular formula is C11H10ClNO3S. The van der Waals surface area contributed by atoms with Crippen LogP contribution in [0.4, 0.5) is 5.88 Å². The number of halogens is 1. The van der Waals surface area contributed by atoms with Crippen LogP contribution in [-0.2, 0) is 0 Å². The number of nitrogens with zero attached hydrogens (tertiary/aromatic N) is 1. The summed E-state index contributed by atoms with van der Waals surface area (Å²) in [4.78, 5) is 12.2. The Hall–Kier alpha value is -1.33. The molecule has 0 aliphatic rings. The highest BCUT2D eigenvalue weighted by Gasteiger charge is 2.21. The molecule has 6 heteroatoms. The molecule has 17 heavy (non-hydrogen) atoms. The second-order valence-corrected chi connectivity index (χ2v) is 5.56. The average molecular weight is 272 g/mol. The lowest BCUT2D eigenvalue weighted by Gasteiger charge is -2.04. The van der Waals surface area contributed by atoms with Crippen molar-refractivity contribution in [2.45, 2.75) is 19.2 Å². The number of aryl methyl sites for hydroxylation is 2. The first-order valence-corrected chi connectivity index (χ1v) is 6.19. The third-order valence-corrected chi connectivity index (χ3v) is 3.83. The predicted octanol–water partition coefficient (Wildman–Crippen LogP) is 4.19. The first-order chi connectivity index (χ1) is 7.99. The van der Waals surface area contributed by atoms with E-state index in [1.54, 1.807) is 17.4 Å². The summed E-state index contributed by atoms with van der Waals surface area (Å²) in [6.45, 7) is 3.97. The molecule has 0 bridgehead atoms. The molecule has 2 heterocycles. The summed E-state index contributed by atoms with van der Waals surface area (Å²) in [6, 6.07) is 4.84. The van der Waals surface area contributed by atoms with Crippen molar-refractivity contribution in [3.8, 4) is 0 Å². The highest BCUT2D eigenvalue weighted by molar-refractivity contribution is 7.12. The zero-order chi connectivity index (χ0) is 12.6. The minimum atomic E-state index is -0.571. The van der Waals surface area contributed by atoms with E-state index < -0.39 is 10.3 Å². The molecule has 0 N–H and O–H groups in total. The van der Waals surface area contributed by atoms with E-state index in [1.807, 2.05) is 19.9 Å². The number of hydrogen-bond donors (Lipinski definition) is 0. The Kier molecular flexibility index (Phi) is 3.22. The summed E-state index contributed by atoms with van der Waals surface area (Å²) in [5.41, 5.74) is 0.943. The van der Waals surface area contributed by atoms with E-state index in [0.717, 1.165) is 15.3 Å². The highest BCUT2D eigenvalue weighted by atomic mass is 35.5. The van der Waals surface area contributed by atoms with Crippen LogP contribution >= 0.6 is 22.9 Å². The van der Waals surface area contributed by atoms with Gasteiger partial charge in [0.25, 0.3) is 0 Å². The number of alkyl halides is 1. The second kappa shape index (κ2) is 4.50. The lowest BCUT2D eigenvalue weighted by atomic mass is 10.1. The maximum Gasteiger partial charge on any atom is 0.433 e. The molecule has 2 aromatic rings. The maximum atomic E-state index is 10.5. The zero-order valence-electron chi connectivity index (χ0n) is 9.27. The van der Waals surface area contributed by atoms with E-state index in [2.05, 4.69) is 0 Å². The third kappa shape index (κ3) is 2.35. The van der Waals surface area contributed by atoms with Gasteiger partial charge in [-0.05, 0) is 31.5 Å². The van der Waals surface area contributed by atoms with Crippen molar-refractivity contribution in [3.63, 3.8) is 0 Å². The molecule has 0 amide bonds. The molecule has 1 atom stereocenters. The van der Waals surface area contributed by atoms with Crippen molar-refractivity contribution in [1.82, 2.24) is 0 Å². The van der Waals surface area contributed by atoms with Crippen molar-refractivity contribution in [2.24, 2.45) is 0 Å². The quantitative estimate of drug-likeness (QED) is 0.478. The van der Waals surface area contributed by atoms with Crippen LogP contribution in [0.15, 0.2) is 22.6 Å². The van der Waals surface area contributed by atoms with E-state index in [1.165, 1.54) is 6.07 Å². The minimum absolute atomic E-state index is 0.282. The number of thiophene rings is 1. The van der Waals surface area contributed by atoms with Gasteiger partial charge in [0.1, 0.15) is 16.1 Å². The normalized spacial score (nSPS) is 12.6. The van der Waals surface area contributed by atoms with E-state index in [9.17, 15) is 10.1 Å². The second-order valence-electron chi connectivity index (χ2n) is 3.66. The van der Waals surface area contributed by atoms with Gasteiger partial charge in [0.15, 0.2) is 0 Å². The predicted molar refractivity (Wildman–Crippen MR) is 66.9 cm³/mol. The smallest absolute Gasteiger partial charge is 0.404 e. The van der Waals surface area contributed by atoms with Gasteiger partial charge in [-0.15, -0.1) is 22.9 Å². The first kappa shape index (κ1) is 12.1. The molecule has 0 aromatic carbocycles. The van der Waals surface area contributed by atoms with E-state index in [-0.39, 0.29) is 5.88 Å². The molecule has 90 valence electrons. The van der Waals surface area contributed by atoms with Gasteiger partial charge in [-0.2, -0.15) is 0 Å². The van der Waals surface area contributed by atoms with E-state index in [0.29, 0.717) is 5.76 Å². The van der Waals surface area contributed by atoms with Gasteiger partial charge in [0.2, 0.25) is 0 Å². The number of furan rings is 1. The highest BCUT2D eigenvalue weighted by Crippen LogP contribution is 2.36. The van der Waals surface area contributed by atoms with Crippen LogP contribution in [0.25, 0.3) is 0 Å². The average Bonchev–Trinajstić information content (AvgIpc) is 2.84. The molecule has 0 fully saturated rings. The van der Waals surface area contributed by atoms with Crippen LogP contribution in [-0.4, -0.2) is 4.92 Å². The van der Waals surface area contributed by atoms with Gasteiger partial charge < -0.3 is 4.42 Å². The van der Waals surface area contributed by atoms with Gasteiger partial charge in [-0.25, -0.2) is 0 Å². The molecule has 0 spiro atoms. The summed E-state index contributed by atoms with van der Waals surface area (Å²) in [7, 11) is 0. The van der Waals surface area contributed by atoms with Crippen LogP contribution in [0.3, 0.4) is 0 Å². The molecule has 0 radical (unpaired) electrons. The lowest BCUT2D eigenvalue weighted by molar-refractivity contribution is -0.402. The topological polar surface area (TPSA) is 56.3 Å². The maximum absolute atomic E-state index is 10.5. The molecule has 0 aliphatic heterocycles. The Balaban J connectivity index is 2.33. The van der Waals surface area contributed by atoms with Crippen LogP contribution in [0.1, 0.15) is 26.5 Å². The lowest BCUT2D eigenvalue weighted by Crippen LogP contribution is -1.91. The molecule has 2 rings (SSSR count). The van der Waals surface area contributed by atoms with Crippen LogP contribution in [0.2, 0.25) is 0 Å². The fourth-order valence-electron chi connectivity index (χ4n) is 1.63.